The van der Waals surface area contributed by atoms with Crippen LogP contribution in [0, 0.1) is 5.92 Å². The van der Waals surface area contributed by atoms with Crippen molar-refractivity contribution in [1.29, 1.82) is 0 Å². The highest BCUT2D eigenvalue weighted by atomic mass is 32.2. The van der Waals surface area contributed by atoms with Gasteiger partial charge in [-0.1, -0.05) is 30.4 Å². The number of carboxylic acid groups (broad SMARTS) is 1. The quantitative estimate of drug-likeness (QED) is 0.386. The number of aliphatic hydroxyl groups excluding tert-OH is 1. The third kappa shape index (κ3) is 7.35. The van der Waals surface area contributed by atoms with E-state index in [-0.39, 0.29) is 17.8 Å². The number of aliphatic carboxylic acids is 1. The number of thiazole rings is 1. The molecule has 0 radical (unpaired) electrons. The van der Waals surface area contributed by atoms with E-state index in [0.717, 1.165) is 41.0 Å². The molecule has 1 aromatic heterocycles. The second kappa shape index (κ2) is 12.4. The number of carbonyl (C=O) groups excluding carboxylic acids is 1. The van der Waals surface area contributed by atoms with Crippen LogP contribution >= 0.6 is 23.1 Å². The molecule has 34 heavy (non-hydrogen) atoms. The number of ether oxygens (including phenoxy) is 1. The number of hydrogen-bond donors (Lipinski definition) is 3. The Morgan fingerprint density at radius 1 is 1.32 bits per heavy atom. The minimum atomic E-state index is -0.889. The fourth-order valence-electron chi connectivity index (χ4n) is 4.19. The van der Waals surface area contributed by atoms with Crippen LogP contribution in [0.5, 0.6) is 5.75 Å². The first kappa shape index (κ1) is 26.3. The van der Waals surface area contributed by atoms with Crippen LogP contribution in [0.15, 0.2) is 28.6 Å². The highest BCUT2D eigenvalue weighted by Crippen LogP contribution is 2.31. The molecule has 3 rings (SSSR count). The predicted octanol–water partition coefficient (Wildman–Crippen LogP) is 5.04. The fourth-order valence-corrected chi connectivity index (χ4v) is 5.77. The molecule has 1 saturated carbocycles. The molecule has 1 aliphatic carbocycles. The van der Waals surface area contributed by atoms with E-state index in [1.165, 1.54) is 23.1 Å². The molecule has 1 heterocycles. The zero-order chi connectivity index (χ0) is 24.7. The number of nitrogens with one attached hydrogen (secondary N) is 1. The zero-order valence-electron chi connectivity index (χ0n) is 19.8. The maximum atomic E-state index is 13.3. The van der Waals surface area contributed by atoms with Gasteiger partial charge in [-0.05, 0) is 56.6 Å². The van der Waals surface area contributed by atoms with Crippen LogP contribution in [0.2, 0.25) is 0 Å². The highest BCUT2D eigenvalue weighted by Gasteiger charge is 2.28. The molecule has 0 saturated heterocycles. The van der Waals surface area contributed by atoms with Gasteiger partial charge < -0.3 is 19.8 Å². The summed E-state index contributed by atoms with van der Waals surface area (Å²) in [6.45, 7) is 4.51. The average Bonchev–Trinajstić information content (AvgIpc) is 3.25. The molecule has 8 nitrogen and oxygen atoms in total. The summed E-state index contributed by atoms with van der Waals surface area (Å²) in [6.07, 6.45) is 5.76. The van der Waals surface area contributed by atoms with Crippen molar-refractivity contribution in [2.75, 3.05) is 24.7 Å². The lowest BCUT2D eigenvalue weighted by atomic mass is 9.86. The molecule has 1 fully saturated rings. The molecule has 1 atom stereocenters. The molecule has 186 valence electrons. The van der Waals surface area contributed by atoms with Gasteiger partial charge in [0.2, 0.25) is 0 Å². The maximum Gasteiger partial charge on any atom is 0.323 e. The van der Waals surface area contributed by atoms with Crippen LogP contribution in [-0.2, 0) is 11.2 Å². The molecule has 1 aliphatic rings. The van der Waals surface area contributed by atoms with Crippen LogP contribution in [0.25, 0.3) is 0 Å². The average molecular weight is 508 g/mol. The second-order valence-corrected chi connectivity index (χ2v) is 11.0. The molecule has 1 unspecified atom stereocenters. The Morgan fingerprint density at radius 3 is 2.71 bits per heavy atom. The van der Waals surface area contributed by atoms with Crippen molar-refractivity contribution in [3.05, 3.63) is 35.5 Å². The molecule has 3 N–H and O–H groups in total. The smallest absolute Gasteiger partial charge is 0.323 e. The molecular formula is C24H33N3O5S2. The molecule has 0 aliphatic heterocycles. The van der Waals surface area contributed by atoms with Crippen LogP contribution in [0.1, 0.15) is 56.8 Å². The third-order valence-corrected chi connectivity index (χ3v) is 8.20. The van der Waals surface area contributed by atoms with Gasteiger partial charge in [0.15, 0.2) is 5.13 Å². The number of nitrogens with zero attached hydrogens (tertiary/aromatic N) is 2. The molecular weight excluding hydrogens is 474 g/mol. The van der Waals surface area contributed by atoms with Crippen molar-refractivity contribution in [3.63, 3.8) is 0 Å². The van der Waals surface area contributed by atoms with Crippen molar-refractivity contribution in [1.82, 2.24) is 9.88 Å². The number of rotatable bonds is 10. The van der Waals surface area contributed by atoms with Gasteiger partial charge in [0.1, 0.15) is 5.75 Å². The Hall–Kier alpha value is -2.30. The lowest BCUT2D eigenvalue weighted by molar-refractivity contribution is -0.133. The molecule has 1 aromatic carbocycles. The first-order valence-electron chi connectivity index (χ1n) is 11.5. The number of thioether (sulfide) groups is 1. The number of hydrogen-bond acceptors (Lipinski definition) is 7. The number of aliphatic hydroxyl groups is 1. The number of methoxy groups -OCH3 is 1. The monoisotopic (exact) mass is 507 g/mol. The standard InChI is InChI=1S/C24H33N3O5S2/c1-15-4-7-18(8-5-15)27(11-10-17-6-9-19(16(2)28)20(12-17)32-3)24(31)26-23-25-13-22(34-23)33-14-21(29)30/h6,9,12-13,15-16,18,28H,4-5,7-8,10-11,14H2,1-3H3,(H,29,30)(H,25,26,31)/t15-,16?,18-. The van der Waals surface area contributed by atoms with Crippen molar-refractivity contribution < 1.29 is 24.5 Å². The summed E-state index contributed by atoms with van der Waals surface area (Å²) in [6, 6.07) is 5.74. The van der Waals surface area contributed by atoms with Crippen molar-refractivity contribution in [3.8, 4) is 5.75 Å². The van der Waals surface area contributed by atoms with E-state index in [2.05, 4.69) is 17.2 Å². The van der Waals surface area contributed by atoms with Crippen molar-refractivity contribution >= 4 is 40.2 Å². The van der Waals surface area contributed by atoms with Gasteiger partial charge in [0, 0.05) is 18.2 Å². The minimum absolute atomic E-state index is 0.0424. The highest BCUT2D eigenvalue weighted by molar-refractivity contribution is 8.01. The van der Waals surface area contributed by atoms with E-state index in [1.807, 2.05) is 23.1 Å². The van der Waals surface area contributed by atoms with Crippen molar-refractivity contribution in [2.24, 2.45) is 5.92 Å². The van der Waals surface area contributed by atoms with E-state index >= 15 is 0 Å². The van der Waals surface area contributed by atoms with Gasteiger partial charge in [0.25, 0.3) is 0 Å². The van der Waals surface area contributed by atoms with Gasteiger partial charge in [-0.15, -0.1) is 11.8 Å². The van der Waals surface area contributed by atoms with Gasteiger partial charge in [-0.25, -0.2) is 9.78 Å². The Bertz CT molecular complexity index is 973. The van der Waals surface area contributed by atoms with Crippen LogP contribution in [-0.4, -0.2) is 57.5 Å². The first-order valence-corrected chi connectivity index (χ1v) is 13.3. The van der Waals surface area contributed by atoms with Gasteiger partial charge in [-0.3, -0.25) is 10.1 Å². The zero-order valence-corrected chi connectivity index (χ0v) is 21.5. The van der Waals surface area contributed by atoms with Crippen LogP contribution < -0.4 is 10.1 Å². The second-order valence-electron chi connectivity index (χ2n) is 8.71. The number of carbonyl (C=O) groups is 2. The minimum Gasteiger partial charge on any atom is -0.496 e. The number of amides is 2. The Kier molecular flexibility index (Phi) is 9.61. The SMILES string of the molecule is COc1cc(CCN(C(=O)Nc2ncc(SCC(=O)O)s2)[C@H]2CC[C@H](C)CC2)ccc1C(C)O. The van der Waals surface area contributed by atoms with E-state index in [0.29, 0.717) is 29.8 Å². The normalized spacial score (nSPS) is 18.8. The summed E-state index contributed by atoms with van der Waals surface area (Å²) >= 11 is 2.47. The lowest BCUT2D eigenvalue weighted by Crippen LogP contribution is -2.45. The number of aromatic nitrogens is 1. The molecule has 2 amide bonds. The van der Waals surface area contributed by atoms with Crippen LogP contribution in [0.3, 0.4) is 0 Å². The number of carboxylic acids is 1. The Labute approximate surface area is 208 Å². The summed E-state index contributed by atoms with van der Waals surface area (Å²) in [5, 5.41) is 22.2. The molecule has 0 spiro atoms. The molecule has 2 aromatic rings. The summed E-state index contributed by atoms with van der Waals surface area (Å²) in [4.78, 5) is 30.2. The fraction of sp³-hybridized carbons (Fsp3) is 0.542. The first-order chi connectivity index (χ1) is 16.3. The van der Waals surface area contributed by atoms with Gasteiger partial charge in [-0.2, -0.15) is 0 Å². The van der Waals surface area contributed by atoms with E-state index in [1.54, 1.807) is 20.2 Å². The summed E-state index contributed by atoms with van der Waals surface area (Å²) in [5.41, 5.74) is 1.77. The van der Waals surface area contributed by atoms with Gasteiger partial charge in [0.05, 0.1) is 29.4 Å². The molecule has 0 bridgehead atoms. The van der Waals surface area contributed by atoms with Gasteiger partial charge >= 0.3 is 12.0 Å². The predicted molar refractivity (Wildman–Crippen MR) is 135 cm³/mol. The third-order valence-electron chi connectivity index (χ3n) is 6.11. The largest absolute Gasteiger partial charge is 0.496 e. The van der Waals surface area contributed by atoms with E-state index < -0.39 is 12.1 Å². The summed E-state index contributed by atoms with van der Waals surface area (Å²) in [5.74, 6) is 0.384. The molecule has 10 heteroatoms. The maximum absolute atomic E-state index is 13.3. The van der Waals surface area contributed by atoms with Crippen LogP contribution in [0.4, 0.5) is 9.93 Å². The summed E-state index contributed by atoms with van der Waals surface area (Å²) in [7, 11) is 1.59. The summed E-state index contributed by atoms with van der Waals surface area (Å²) < 4.78 is 6.20. The number of benzene rings is 1. The number of anilines is 1. The Morgan fingerprint density at radius 2 is 2.06 bits per heavy atom. The Balaban J connectivity index is 1.70. The van der Waals surface area contributed by atoms with E-state index in [4.69, 9.17) is 9.84 Å². The van der Waals surface area contributed by atoms with Crippen molar-refractivity contribution in [2.45, 2.75) is 62.3 Å². The van der Waals surface area contributed by atoms with E-state index in [9.17, 15) is 14.7 Å². The lowest BCUT2D eigenvalue weighted by Gasteiger charge is -2.36. The topological polar surface area (TPSA) is 112 Å². The number of urea groups is 1.